The van der Waals surface area contributed by atoms with Crippen molar-refractivity contribution in [3.8, 4) is 5.75 Å². The highest BCUT2D eigenvalue weighted by Gasteiger charge is 2.18. The lowest BCUT2D eigenvalue weighted by Crippen LogP contribution is -2.45. The van der Waals surface area contributed by atoms with Crippen molar-refractivity contribution in [2.75, 3.05) is 19.7 Å². The maximum Gasteiger partial charge on any atom is 0.255 e. The fourth-order valence-corrected chi connectivity index (χ4v) is 2.17. The second kappa shape index (κ2) is 6.40. The van der Waals surface area contributed by atoms with Crippen LogP contribution < -0.4 is 15.4 Å². The molecule has 0 spiro atoms. The van der Waals surface area contributed by atoms with Crippen LogP contribution in [0.5, 0.6) is 5.75 Å². The van der Waals surface area contributed by atoms with E-state index in [1.807, 2.05) is 25.1 Å². The minimum Gasteiger partial charge on any atom is -0.493 e. The van der Waals surface area contributed by atoms with Crippen LogP contribution in [0, 0.1) is 0 Å². The highest BCUT2D eigenvalue weighted by atomic mass is 16.5. The topological polar surface area (TPSA) is 50.4 Å². The number of nitrogens with one attached hydrogen (secondary N) is 2. The average Bonchev–Trinajstić information content (AvgIpc) is 2.41. The Hall–Kier alpha value is -1.55. The summed E-state index contributed by atoms with van der Waals surface area (Å²) >= 11 is 0. The second-order valence-corrected chi connectivity index (χ2v) is 4.45. The first-order valence-electron chi connectivity index (χ1n) is 6.54. The number of para-hydroxylation sites is 1. The SMILES string of the molecule is CCOc1ccccc1C(=O)N[C@@H]1CCCNC1. The smallest absolute Gasteiger partial charge is 0.255 e. The van der Waals surface area contributed by atoms with Gasteiger partial charge in [-0.2, -0.15) is 0 Å². The maximum atomic E-state index is 12.2. The van der Waals surface area contributed by atoms with Crippen molar-refractivity contribution >= 4 is 5.91 Å². The van der Waals surface area contributed by atoms with Crippen LogP contribution in [0.2, 0.25) is 0 Å². The zero-order valence-electron chi connectivity index (χ0n) is 10.7. The molecule has 1 aliphatic heterocycles. The van der Waals surface area contributed by atoms with E-state index in [0.717, 1.165) is 25.9 Å². The molecule has 98 valence electrons. The Kier molecular flexibility index (Phi) is 4.59. The Morgan fingerprint density at radius 1 is 1.50 bits per heavy atom. The van der Waals surface area contributed by atoms with Crippen LogP contribution in [-0.2, 0) is 0 Å². The summed E-state index contributed by atoms with van der Waals surface area (Å²) in [6.45, 7) is 4.37. The Morgan fingerprint density at radius 2 is 2.33 bits per heavy atom. The third-order valence-corrected chi connectivity index (χ3v) is 3.06. The van der Waals surface area contributed by atoms with Gasteiger partial charge >= 0.3 is 0 Å². The number of ether oxygens (including phenoxy) is 1. The van der Waals surface area contributed by atoms with Crippen LogP contribution in [0.1, 0.15) is 30.1 Å². The lowest BCUT2D eigenvalue weighted by Gasteiger charge is -2.24. The summed E-state index contributed by atoms with van der Waals surface area (Å²) in [6.07, 6.45) is 2.15. The summed E-state index contributed by atoms with van der Waals surface area (Å²) in [5.74, 6) is 0.606. The first-order chi connectivity index (χ1) is 8.81. The van der Waals surface area contributed by atoms with E-state index in [9.17, 15) is 4.79 Å². The van der Waals surface area contributed by atoms with Crippen molar-refractivity contribution in [1.29, 1.82) is 0 Å². The lowest BCUT2D eigenvalue weighted by molar-refractivity contribution is 0.0927. The second-order valence-electron chi connectivity index (χ2n) is 4.45. The molecule has 18 heavy (non-hydrogen) atoms. The van der Waals surface area contributed by atoms with Crippen molar-refractivity contribution in [2.24, 2.45) is 0 Å². The van der Waals surface area contributed by atoms with E-state index in [2.05, 4.69) is 10.6 Å². The zero-order chi connectivity index (χ0) is 12.8. The third-order valence-electron chi connectivity index (χ3n) is 3.06. The van der Waals surface area contributed by atoms with E-state index in [0.29, 0.717) is 17.9 Å². The van der Waals surface area contributed by atoms with Gasteiger partial charge in [0.05, 0.1) is 12.2 Å². The molecule has 2 N–H and O–H groups in total. The predicted octanol–water partition coefficient (Wildman–Crippen LogP) is 1.57. The maximum absolute atomic E-state index is 12.2. The number of amides is 1. The van der Waals surface area contributed by atoms with Crippen LogP contribution in [0.3, 0.4) is 0 Å². The number of hydrogen-bond donors (Lipinski definition) is 2. The Balaban J connectivity index is 2.03. The summed E-state index contributed by atoms with van der Waals surface area (Å²) in [7, 11) is 0. The van der Waals surface area contributed by atoms with Crippen molar-refractivity contribution in [2.45, 2.75) is 25.8 Å². The largest absolute Gasteiger partial charge is 0.493 e. The van der Waals surface area contributed by atoms with E-state index < -0.39 is 0 Å². The number of piperidine rings is 1. The summed E-state index contributed by atoms with van der Waals surface area (Å²) in [5.41, 5.74) is 0.616. The first-order valence-corrected chi connectivity index (χ1v) is 6.54. The third kappa shape index (κ3) is 3.23. The van der Waals surface area contributed by atoms with Gasteiger partial charge in [0.15, 0.2) is 0 Å². The minimum absolute atomic E-state index is 0.0484. The van der Waals surface area contributed by atoms with Crippen molar-refractivity contribution in [3.63, 3.8) is 0 Å². The lowest BCUT2D eigenvalue weighted by atomic mass is 10.1. The van der Waals surface area contributed by atoms with E-state index in [4.69, 9.17) is 4.74 Å². The highest BCUT2D eigenvalue weighted by Crippen LogP contribution is 2.18. The molecule has 1 atom stereocenters. The van der Waals surface area contributed by atoms with E-state index in [-0.39, 0.29) is 11.9 Å². The van der Waals surface area contributed by atoms with Crippen molar-refractivity contribution < 1.29 is 9.53 Å². The summed E-state index contributed by atoms with van der Waals surface area (Å²) in [5, 5.41) is 6.34. The number of benzene rings is 1. The molecule has 0 radical (unpaired) electrons. The molecule has 1 fully saturated rings. The predicted molar refractivity (Wildman–Crippen MR) is 71.0 cm³/mol. The molecule has 1 amide bonds. The molecular formula is C14H20N2O2. The van der Waals surface area contributed by atoms with Gasteiger partial charge in [-0.1, -0.05) is 12.1 Å². The number of carbonyl (C=O) groups is 1. The molecule has 0 saturated carbocycles. The molecule has 1 aliphatic rings. The van der Waals surface area contributed by atoms with Gasteiger partial charge in [-0.05, 0) is 38.4 Å². The summed E-state index contributed by atoms with van der Waals surface area (Å²) < 4.78 is 5.47. The molecule has 2 rings (SSSR count). The van der Waals surface area contributed by atoms with E-state index in [1.54, 1.807) is 6.07 Å². The average molecular weight is 248 g/mol. The van der Waals surface area contributed by atoms with Crippen LogP contribution in [0.25, 0.3) is 0 Å². The molecule has 1 saturated heterocycles. The van der Waals surface area contributed by atoms with Gasteiger partial charge in [0.2, 0.25) is 0 Å². The van der Waals surface area contributed by atoms with Gasteiger partial charge in [-0.3, -0.25) is 4.79 Å². The molecule has 1 aromatic rings. The molecule has 0 unspecified atom stereocenters. The number of rotatable bonds is 4. The van der Waals surface area contributed by atoms with Crippen molar-refractivity contribution in [3.05, 3.63) is 29.8 Å². The molecular weight excluding hydrogens is 228 g/mol. The molecule has 4 nitrogen and oxygen atoms in total. The molecule has 0 aromatic heterocycles. The monoisotopic (exact) mass is 248 g/mol. The molecule has 1 aromatic carbocycles. The van der Waals surface area contributed by atoms with E-state index >= 15 is 0 Å². The number of hydrogen-bond acceptors (Lipinski definition) is 3. The van der Waals surface area contributed by atoms with Crippen molar-refractivity contribution in [1.82, 2.24) is 10.6 Å². The van der Waals surface area contributed by atoms with Gasteiger partial charge < -0.3 is 15.4 Å². The van der Waals surface area contributed by atoms with E-state index in [1.165, 1.54) is 0 Å². The fraction of sp³-hybridized carbons (Fsp3) is 0.500. The fourth-order valence-electron chi connectivity index (χ4n) is 2.17. The van der Waals surface area contributed by atoms with Crippen LogP contribution >= 0.6 is 0 Å². The quantitative estimate of drug-likeness (QED) is 0.850. The number of carbonyl (C=O) groups excluding carboxylic acids is 1. The van der Waals surface area contributed by atoms with Crippen LogP contribution in [0.4, 0.5) is 0 Å². The summed E-state index contributed by atoms with van der Waals surface area (Å²) in [4.78, 5) is 12.2. The normalized spacial score (nSPS) is 19.3. The molecule has 4 heteroatoms. The molecule has 0 aliphatic carbocycles. The van der Waals surface area contributed by atoms with Gasteiger partial charge in [0.1, 0.15) is 5.75 Å². The van der Waals surface area contributed by atoms with Gasteiger partial charge in [0, 0.05) is 12.6 Å². The van der Waals surface area contributed by atoms with Crippen LogP contribution in [0.15, 0.2) is 24.3 Å². The van der Waals surface area contributed by atoms with Gasteiger partial charge in [0.25, 0.3) is 5.91 Å². The Morgan fingerprint density at radius 3 is 3.06 bits per heavy atom. The Labute approximate surface area is 108 Å². The Bertz CT molecular complexity index is 401. The highest BCUT2D eigenvalue weighted by molar-refractivity contribution is 5.97. The van der Waals surface area contributed by atoms with Crippen LogP contribution in [-0.4, -0.2) is 31.6 Å². The van der Waals surface area contributed by atoms with Gasteiger partial charge in [-0.15, -0.1) is 0 Å². The standard InChI is InChI=1S/C14H20N2O2/c1-2-18-13-8-4-3-7-12(13)14(17)16-11-6-5-9-15-10-11/h3-4,7-8,11,15H,2,5-6,9-10H2,1H3,(H,16,17)/t11-/m1/s1. The zero-order valence-corrected chi connectivity index (χ0v) is 10.7. The summed E-state index contributed by atoms with van der Waals surface area (Å²) in [6, 6.07) is 7.59. The van der Waals surface area contributed by atoms with Gasteiger partial charge in [-0.25, -0.2) is 0 Å². The first kappa shape index (κ1) is 12.9. The molecule has 1 heterocycles. The molecule has 0 bridgehead atoms. The minimum atomic E-state index is -0.0484.